The van der Waals surface area contributed by atoms with Crippen LogP contribution in [0.4, 0.5) is 10.5 Å². The number of amides is 2. The molecule has 0 saturated carbocycles. The number of hydrogen-bond acceptors (Lipinski definition) is 3. The van der Waals surface area contributed by atoms with Crippen molar-refractivity contribution in [3.63, 3.8) is 0 Å². The molecule has 2 aromatic rings. The lowest BCUT2D eigenvalue weighted by Gasteiger charge is -2.20. The molecule has 1 aliphatic rings. The van der Waals surface area contributed by atoms with Gasteiger partial charge in [0, 0.05) is 39.7 Å². The molecule has 0 bridgehead atoms. The van der Waals surface area contributed by atoms with Crippen LogP contribution in [0.2, 0.25) is 5.02 Å². The molecule has 0 radical (unpaired) electrons. The maximum Gasteiger partial charge on any atom is 0.321 e. The maximum atomic E-state index is 12.4. The van der Waals surface area contributed by atoms with Crippen LogP contribution in [-0.2, 0) is 0 Å². The molecule has 1 unspecified atom stereocenters. The van der Waals surface area contributed by atoms with Gasteiger partial charge in [-0.3, -0.25) is 0 Å². The van der Waals surface area contributed by atoms with Crippen LogP contribution < -0.4 is 5.32 Å². The molecule has 3 nitrogen and oxygen atoms in total. The first-order chi connectivity index (χ1) is 10.7. The lowest BCUT2D eigenvalue weighted by Crippen LogP contribution is -2.36. The number of anilines is 1. The predicted octanol–water partition coefficient (Wildman–Crippen LogP) is 5.11. The van der Waals surface area contributed by atoms with Crippen molar-refractivity contribution < 1.29 is 4.79 Å². The molecule has 2 heterocycles. The molecule has 0 spiro atoms. The summed E-state index contributed by atoms with van der Waals surface area (Å²) in [6.45, 7) is 1.57. The maximum absolute atomic E-state index is 12.4. The van der Waals surface area contributed by atoms with E-state index in [1.807, 2.05) is 28.8 Å². The summed E-state index contributed by atoms with van der Waals surface area (Å²) in [5, 5.41) is 6.23. The van der Waals surface area contributed by atoms with Crippen LogP contribution in [0, 0.1) is 0 Å². The van der Waals surface area contributed by atoms with Gasteiger partial charge in [0.15, 0.2) is 0 Å². The second-order valence-corrected chi connectivity index (χ2v) is 7.81. The quantitative estimate of drug-likeness (QED) is 0.814. The zero-order valence-corrected chi connectivity index (χ0v) is 14.4. The van der Waals surface area contributed by atoms with Crippen molar-refractivity contribution in [2.75, 3.05) is 24.2 Å². The van der Waals surface area contributed by atoms with Crippen LogP contribution in [0.15, 0.2) is 41.8 Å². The van der Waals surface area contributed by atoms with Gasteiger partial charge >= 0.3 is 6.03 Å². The van der Waals surface area contributed by atoms with Crippen LogP contribution in [-0.4, -0.2) is 29.8 Å². The van der Waals surface area contributed by atoms with E-state index in [1.165, 1.54) is 4.88 Å². The highest BCUT2D eigenvalue weighted by molar-refractivity contribution is 7.99. The fourth-order valence-corrected chi connectivity index (χ4v) is 4.77. The lowest BCUT2D eigenvalue weighted by atomic mass is 10.2. The Bertz CT molecular complexity index is 616. The number of halogens is 1. The largest absolute Gasteiger partial charge is 0.324 e. The molecule has 1 aliphatic heterocycles. The van der Waals surface area contributed by atoms with Gasteiger partial charge < -0.3 is 10.2 Å². The zero-order valence-electron chi connectivity index (χ0n) is 12.0. The average molecular weight is 353 g/mol. The van der Waals surface area contributed by atoms with E-state index >= 15 is 0 Å². The van der Waals surface area contributed by atoms with Gasteiger partial charge in [0.2, 0.25) is 0 Å². The van der Waals surface area contributed by atoms with E-state index in [-0.39, 0.29) is 6.03 Å². The fraction of sp³-hybridized carbons (Fsp3) is 0.312. The monoisotopic (exact) mass is 352 g/mol. The topological polar surface area (TPSA) is 32.3 Å². The Balaban J connectivity index is 1.58. The van der Waals surface area contributed by atoms with Gasteiger partial charge in [-0.15, -0.1) is 11.3 Å². The number of thiophene rings is 1. The summed E-state index contributed by atoms with van der Waals surface area (Å²) in [5.74, 6) is 0.969. The molecule has 2 amide bonds. The number of nitrogens with one attached hydrogen (secondary N) is 1. The molecule has 116 valence electrons. The average Bonchev–Trinajstić information content (AvgIpc) is 2.94. The molecule has 1 N–H and O–H groups in total. The third kappa shape index (κ3) is 3.97. The minimum absolute atomic E-state index is 0.0326. The van der Waals surface area contributed by atoms with E-state index in [0.29, 0.717) is 10.3 Å². The Morgan fingerprint density at radius 1 is 1.23 bits per heavy atom. The highest BCUT2D eigenvalue weighted by Gasteiger charge is 2.22. The minimum atomic E-state index is -0.0326. The molecule has 1 atom stereocenters. The van der Waals surface area contributed by atoms with E-state index < -0.39 is 0 Å². The van der Waals surface area contributed by atoms with Crippen molar-refractivity contribution in [1.82, 2.24) is 4.90 Å². The number of benzene rings is 1. The molecule has 6 heteroatoms. The smallest absolute Gasteiger partial charge is 0.321 e. The van der Waals surface area contributed by atoms with Gasteiger partial charge in [0.25, 0.3) is 0 Å². The molecular formula is C16H17ClN2OS2. The summed E-state index contributed by atoms with van der Waals surface area (Å²) in [5.41, 5.74) is 0.779. The van der Waals surface area contributed by atoms with Crippen LogP contribution in [0.5, 0.6) is 0 Å². The summed E-state index contributed by atoms with van der Waals surface area (Å²) in [6, 6.07) is 11.4. The molecule has 1 saturated heterocycles. The van der Waals surface area contributed by atoms with Crippen LogP contribution in [0.3, 0.4) is 0 Å². The van der Waals surface area contributed by atoms with Crippen LogP contribution in [0.1, 0.15) is 16.5 Å². The van der Waals surface area contributed by atoms with Crippen molar-refractivity contribution in [2.24, 2.45) is 0 Å². The second-order valence-electron chi connectivity index (χ2n) is 5.09. The SMILES string of the molecule is O=C(Nc1ccc(Cl)cc1)N1CCSC(c2cccs2)CC1. The van der Waals surface area contributed by atoms with E-state index in [9.17, 15) is 4.79 Å². The summed E-state index contributed by atoms with van der Waals surface area (Å²) < 4.78 is 0. The number of thioether (sulfide) groups is 1. The summed E-state index contributed by atoms with van der Waals surface area (Å²) >= 11 is 9.60. The molecule has 3 rings (SSSR count). The molecule has 1 aromatic heterocycles. The number of hydrogen-bond donors (Lipinski definition) is 1. The predicted molar refractivity (Wildman–Crippen MR) is 96.2 cm³/mol. The highest BCUT2D eigenvalue weighted by atomic mass is 35.5. The number of carbonyl (C=O) groups excluding carboxylic acids is 1. The third-order valence-electron chi connectivity index (χ3n) is 3.58. The summed E-state index contributed by atoms with van der Waals surface area (Å²) in [4.78, 5) is 15.7. The second kappa shape index (κ2) is 7.40. The number of rotatable bonds is 2. The Labute approximate surface area is 143 Å². The van der Waals surface area contributed by atoms with Crippen LogP contribution >= 0.6 is 34.7 Å². The van der Waals surface area contributed by atoms with Gasteiger partial charge in [-0.2, -0.15) is 11.8 Å². The fourth-order valence-electron chi connectivity index (χ4n) is 2.41. The molecule has 1 fully saturated rings. The summed E-state index contributed by atoms with van der Waals surface area (Å²) in [7, 11) is 0. The normalized spacial score (nSPS) is 18.8. The number of carbonyl (C=O) groups is 1. The van der Waals surface area contributed by atoms with Gasteiger partial charge in [-0.1, -0.05) is 17.7 Å². The van der Waals surface area contributed by atoms with E-state index in [2.05, 4.69) is 22.8 Å². The lowest BCUT2D eigenvalue weighted by molar-refractivity contribution is 0.215. The van der Waals surface area contributed by atoms with E-state index in [0.717, 1.165) is 31.0 Å². The van der Waals surface area contributed by atoms with Crippen molar-refractivity contribution in [3.8, 4) is 0 Å². The van der Waals surface area contributed by atoms with E-state index in [4.69, 9.17) is 11.6 Å². The van der Waals surface area contributed by atoms with Gasteiger partial charge in [-0.25, -0.2) is 4.79 Å². The van der Waals surface area contributed by atoms with Crippen LogP contribution in [0.25, 0.3) is 0 Å². The first kappa shape index (κ1) is 15.7. The Morgan fingerprint density at radius 3 is 2.77 bits per heavy atom. The zero-order chi connectivity index (χ0) is 15.4. The van der Waals surface area contributed by atoms with Crippen molar-refractivity contribution >= 4 is 46.4 Å². The minimum Gasteiger partial charge on any atom is -0.324 e. The van der Waals surface area contributed by atoms with Crippen molar-refractivity contribution in [1.29, 1.82) is 0 Å². The van der Waals surface area contributed by atoms with E-state index in [1.54, 1.807) is 23.5 Å². The Morgan fingerprint density at radius 2 is 2.05 bits per heavy atom. The number of urea groups is 1. The standard InChI is InChI=1S/C16H17ClN2OS2/c17-12-3-5-13(6-4-12)18-16(20)19-8-7-15(22-11-9-19)14-2-1-10-21-14/h1-6,10,15H,7-9,11H2,(H,18,20). The molecule has 22 heavy (non-hydrogen) atoms. The Hall–Kier alpha value is -1.17. The first-order valence-corrected chi connectivity index (χ1v) is 9.49. The molecular weight excluding hydrogens is 336 g/mol. The first-order valence-electron chi connectivity index (χ1n) is 7.19. The van der Waals surface area contributed by atoms with Crippen molar-refractivity contribution in [2.45, 2.75) is 11.7 Å². The van der Waals surface area contributed by atoms with Gasteiger partial charge in [0.05, 0.1) is 0 Å². The van der Waals surface area contributed by atoms with Crippen molar-refractivity contribution in [3.05, 3.63) is 51.7 Å². The number of nitrogens with zero attached hydrogens (tertiary/aromatic N) is 1. The third-order valence-corrected chi connectivity index (χ3v) is 6.28. The van der Waals surface area contributed by atoms with Gasteiger partial charge in [0.1, 0.15) is 0 Å². The van der Waals surface area contributed by atoms with Gasteiger partial charge in [-0.05, 0) is 42.1 Å². The highest BCUT2D eigenvalue weighted by Crippen LogP contribution is 2.36. The molecule has 0 aliphatic carbocycles. The molecule has 1 aromatic carbocycles. The Kier molecular flexibility index (Phi) is 5.28. The summed E-state index contributed by atoms with van der Waals surface area (Å²) in [6.07, 6.45) is 0.999.